The maximum Gasteiger partial charge on any atom is 0.198 e. The summed E-state index contributed by atoms with van der Waals surface area (Å²) < 4.78 is 6.07. The zero-order valence-electron chi connectivity index (χ0n) is 12.3. The van der Waals surface area contributed by atoms with Crippen molar-refractivity contribution in [1.82, 2.24) is 0 Å². The molecule has 2 rings (SSSR count). The molecule has 0 bridgehead atoms. The molecule has 4 nitrogen and oxygen atoms in total. The third kappa shape index (κ3) is 1.94. The summed E-state index contributed by atoms with van der Waals surface area (Å²) in [5.41, 5.74) is 6.68. The lowest BCUT2D eigenvalue weighted by Crippen LogP contribution is -2.72. The molecule has 0 aromatic heterocycles. The summed E-state index contributed by atoms with van der Waals surface area (Å²) in [4.78, 5) is 6.70. The third-order valence-electron chi connectivity index (χ3n) is 4.40. The Bertz CT molecular complexity index is 604. The second-order valence-corrected chi connectivity index (χ2v) is 6.49. The Morgan fingerprint density at radius 3 is 2.10 bits per heavy atom. The normalized spacial score (nSPS) is 25.9. The van der Waals surface area contributed by atoms with E-state index in [2.05, 4.69) is 37.4 Å². The molecule has 0 aliphatic heterocycles. The number of nitrogens with two attached hydrogens (primary N) is 1. The van der Waals surface area contributed by atoms with Gasteiger partial charge < -0.3 is 10.5 Å². The van der Waals surface area contributed by atoms with Gasteiger partial charge in [0, 0.05) is 16.9 Å². The first-order valence-corrected chi connectivity index (χ1v) is 6.56. The third-order valence-corrected chi connectivity index (χ3v) is 4.40. The average molecular weight is 269 g/mol. The predicted octanol–water partition coefficient (Wildman–Crippen LogP) is 3.93. The molecule has 4 heteroatoms. The smallest absolute Gasteiger partial charge is 0.198 e. The molecule has 2 N–H and O–H groups in total. The van der Waals surface area contributed by atoms with Crippen molar-refractivity contribution in [3.63, 3.8) is 0 Å². The van der Waals surface area contributed by atoms with Gasteiger partial charge in [0.1, 0.15) is 11.9 Å². The maximum absolute atomic E-state index is 7.12. The van der Waals surface area contributed by atoms with Gasteiger partial charge in [-0.2, -0.15) is 0 Å². The number of benzene rings is 1. The van der Waals surface area contributed by atoms with Crippen molar-refractivity contribution in [2.24, 2.45) is 16.6 Å². The molecule has 0 radical (unpaired) electrons. The van der Waals surface area contributed by atoms with Crippen LogP contribution in [0.15, 0.2) is 18.2 Å². The number of ether oxygens (including phenoxy) is 1. The number of nitrogens with zero attached hydrogens (tertiary/aromatic N) is 2. The van der Waals surface area contributed by atoms with E-state index >= 15 is 0 Å². The molecule has 20 heavy (non-hydrogen) atoms. The summed E-state index contributed by atoms with van der Waals surface area (Å²) in [6.45, 7) is 22.5. The molecular formula is C16H19N3O. The van der Waals surface area contributed by atoms with Crippen LogP contribution >= 0.6 is 0 Å². The summed E-state index contributed by atoms with van der Waals surface area (Å²) in [5.74, 6) is 0.626. The lowest BCUT2D eigenvalue weighted by Gasteiger charge is -2.61. The average Bonchev–Trinajstić information content (AvgIpc) is 2.43. The van der Waals surface area contributed by atoms with Gasteiger partial charge in [0.15, 0.2) is 11.4 Å². The molecule has 0 amide bonds. The summed E-state index contributed by atoms with van der Waals surface area (Å²) in [6.07, 6.45) is -0.0117. The van der Waals surface area contributed by atoms with Crippen molar-refractivity contribution < 1.29 is 4.74 Å². The number of rotatable bonds is 2. The van der Waals surface area contributed by atoms with Gasteiger partial charge in [-0.3, -0.25) is 4.85 Å². The fraction of sp³-hybridized carbons (Fsp3) is 0.500. The predicted molar refractivity (Wildman–Crippen MR) is 78.9 cm³/mol. The Morgan fingerprint density at radius 1 is 1.05 bits per heavy atom. The second-order valence-electron chi connectivity index (χ2n) is 6.49. The van der Waals surface area contributed by atoms with E-state index in [1.54, 1.807) is 18.2 Å². The van der Waals surface area contributed by atoms with Crippen LogP contribution in [0.2, 0.25) is 0 Å². The van der Waals surface area contributed by atoms with Gasteiger partial charge in [0.05, 0.1) is 13.1 Å². The highest BCUT2D eigenvalue weighted by molar-refractivity contribution is 5.72. The number of hydrogen-bond acceptors (Lipinski definition) is 2. The first kappa shape index (κ1) is 14.4. The van der Waals surface area contributed by atoms with Crippen LogP contribution in [0, 0.1) is 24.0 Å². The summed E-state index contributed by atoms with van der Waals surface area (Å²) in [7, 11) is 0. The van der Waals surface area contributed by atoms with Gasteiger partial charge >= 0.3 is 0 Å². The number of hydrogen-bond donors (Lipinski definition) is 1. The van der Waals surface area contributed by atoms with E-state index in [4.69, 9.17) is 23.6 Å². The molecule has 0 unspecified atom stereocenters. The minimum Gasteiger partial charge on any atom is -0.491 e. The zero-order valence-corrected chi connectivity index (χ0v) is 12.3. The lowest BCUT2D eigenvalue weighted by molar-refractivity contribution is -0.155. The molecule has 1 aromatic rings. The van der Waals surface area contributed by atoms with Crippen LogP contribution in [0.1, 0.15) is 27.7 Å². The minimum atomic E-state index is -0.111. The van der Waals surface area contributed by atoms with E-state index in [0.717, 1.165) is 0 Å². The van der Waals surface area contributed by atoms with Crippen LogP contribution in [0.5, 0.6) is 5.75 Å². The van der Waals surface area contributed by atoms with Crippen LogP contribution in [-0.2, 0) is 0 Å². The fourth-order valence-electron chi connectivity index (χ4n) is 3.35. The minimum absolute atomic E-state index is 0.0117. The standard InChI is InChI=1S/C16H19N3O/c1-15(2)13(17)16(3,4)14(15)20-10-7-8-11(18-5)12(9-10)19-6/h7-9,13-14H,17H2,1-4H3. The van der Waals surface area contributed by atoms with Gasteiger partial charge in [-0.15, -0.1) is 0 Å². The highest BCUT2D eigenvalue weighted by Crippen LogP contribution is 2.54. The molecule has 1 aromatic carbocycles. The van der Waals surface area contributed by atoms with Crippen LogP contribution < -0.4 is 10.5 Å². The Morgan fingerprint density at radius 2 is 1.60 bits per heavy atom. The monoisotopic (exact) mass is 269 g/mol. The van der Waals surface area contributed by atoms with Gasteiger partial charge in [-0.1, -0.05) is 33.8 Å². The largest absolute Gasteiger partial charge is 0.491 e. The van der Waals surface area contributed by atoms with Crippen molar-refractivity contribution in [2.45, 2.75) is 39.8 Å². The van der Waals surface area contributed by atoms with Crippen LogP contribution in [0.25, 0.3) is 9.69 Å². The van der Waals surface area contributed by atoms with Crippen LogP contribution in [-0.4, -0.2) is 12.1 Å². The zero-order chi connectivity index (χ0) is 15.1. The Hall–Kier alpha value is -2.04. The lowest BCUT2D eigenvalue weighted by atomic mass is 9.50. The molecule has 1 aliphatic rings. The topological polar surface area (TPSA) is 44.0 Å². The molecule has 0 atom stereocenters. The molecule has 104 valence electrons. The molecular weight excluding hydrogens is 250 g/mol. The highest BCUT2D eigenvalue weighted by atomic mass is 16.5. The van der Waals surface area contributed by atoms with Crippen LogP contribution in [0.4, 0.5) is 11.4 Å². The van der Waals surface area contributed by atoms with E-state index in [0.29, 0.717) is 17.1 Å². The molecule has 1 aliphatic carbocycles. The van der Waals surface area contributed by atoms with Gasteiger partial charge in [-0.25, -0.2) is 4.85 Å². The second kappa shape index (κ2) is 4.51. The quantitative estimate of drug-likeness (QED) is 0.827. The van der Waals surface area contributed by atoms with E-state index in [1.807, 2.05) is 0 Å². The molecule has 1 saturated carbocycles. The van der Waals surface area contributed by atoms with Gasteiger partial charge in [0.2, 0.25) is 0 Å². The first-order valence-electron chi connectivity index (χ1n) is 6.56. The first-order chi connectivity index (χ1) is 9.25. The van der Waals surface area contributed by atoms with Crippen molar-refractivity contribution in [1.29, 1.82) is 0 Å². The van der Waals surface area contributed by atoms with E-state index in [9.17, 15) is 0 Å². The van der Waals surface area contributed by atoms with Crippen LogP contribution in [0.3, 0.4) is 0 Å². The van der Waals surface area contributed by atoms with Gasteiger partial charge in [0.25, 0.3) is 0 Å². The summed E-state index contributed by atoms with van der Waals surface area (Å²) in [5, 5.41) is 0. The van der Waals surface area contributed by atoms with Crippen molar-refractivity contribution >= 4 is 11.4 Å². The molecule has 0 saturated heterocycles. The highest BCUT2D eigenvalue weighted by Gasteiger charge is 2.61. The van der Waals surface area contributed by atoms with Crippen molar-refractivity contribution in [3.05, 3.63) is 41.0 Å². The van der Waals surface area contributed by atoms with E-state index < -0.39 is 0 Å². The fourth-order valence-corrected chi connectivity index (χ4v) is 3.35. The molecule has 0 spiro atoms. The Labute approximate surface area is 120 Å². The van der Waals surface area contributed by atoms with Gasteiger partial charge in [-0.05, 0) is 12.1 Å². The molecule has 0 heterocycles. The Kier molecular flexibility index (Phi) is 3.24. The van der Waals surface area contributed by atoms with Crippen molar-refractivity contribution in [2.75, 3.05) is 0 Å². The maximum atomic E-state index is 7.12. The summed E-state index contributed by atoms with van der Waals surface area (Å²) in [6, 6.07) is 5.09. The summed E-state index contributed by atoms with van der Waals surface area (Å²) >= 11 is 0. The SMILES string of the molecule is [C-]#[N+]c1ccc(OC2C(C)(C)C(N)C2(C)C)cc1[N+]#[C-]. The Balaban J connectivity index is 2.28. The van der Waals surface area contributed by atoms with E-state index in [1.165, 1.54) is 0 Å². The van der Waals surface area contributed by atoms with Crippen molar-refractivity contribution in [3.8, 4) is 5.75 Å². The van der Waals surface area contributed by atoms with E-state index in [-0.39, 0.29) is 23.0 Å². The molecule has 1 fully saturated rings.